The van der Waals surface area contributed by atoms with E-state index in [2.05, 4.69) is 37.3 Å². The van der Waals surface area contributed by atoms with Crippen LogP contribution in [0.3, 0.4) is 0 Å². The Bertz CT molecular complexity index is 1070. The highest BCUT2D eigenvalue weighted by molar-refractivity contribution is 7.15. The molecule has 0 amide bonds. The summed E-state index contributed by atoms with van der Waals surface area (Å²) in [4.78, 5) is 28.7. The molecule has 158 valence electrons. The lowest BCUT2D eigenvalue weighted by molar-refractivity contribution is 0.412. The molecule has 0 aliphatic carbocycles. The van der Waals surface area contributed by atoms with Crippen LogP contribution < -0.4 is 15.8 Å². The fraction of sp³-hybridized carbons (Fsp3) is 0.435. The van der Waals surface area contributed by atoms with Gasteiger partial charge in [-0.2, -0.15) is 0 Å². The number of hydrogen-bond donors (Lipinski definition) is 2. The summed E-state index contributed by atoms with van der Waals surface area (Å²) in [5, 5.41) is 3.72. The lowest BCUT2D eigenvalue weighted by Crippen LogP contribution is -2.42. The van der Waals surface area contributed by atoms with Gasteiger partial charge in [-0.1, -0.05) is 6.92 Å². The Hall–Kier alpha value is -2.51. The molecule has 0 unspecified atom stereocenters. The van der Waals surface area contributed by atoms with E-state index in [4.69, 9.17) is 0 Å². The van der Waals surface area contributed by atoms with Gasteiger partial charge in [0, 0.05) is 64.1 Å². The third-order valence-electron chi connectivity index (χ3n) is 5.75. The van der Waals surface area contributed by atoms with Gasteiger partial charge in [0.15, 0.2) is 0 Å². The highest BCUT2D eigenvalue weighted by atomic mass is 32.1. The maximum absolute atomic E-state index is 12.0. The van der Waals surface area contributed by atoms with Crippen LogP contribution in [-0.2, 0) is 13.0 Å². The van der Waals surface area contributed by atoms with E-state index >= 15 is 0 Å². The number of aryl methyl sites for hydroxylation is 3. The van der Waals surface area contributed by atoms with Crippen LogP contribution in [0, 0.1) is 13.8 Å². The van der Waals surface area contributed by atoms with E-state index in [0.29, 0.717) is 6.04 Å². The lowest BCUT2D eigenvalue weighted by atomic mass is 10.1. The first-order valence-electron chi connectivity index (χ1n) is 10.6. The maximum atomic E-state index is 12.0. The summed E-state index contributed by atoms with van der Waals surface area (Å²) >= 11 is 1.80. The van der Waals surface area contributed by atoms with E-state index in [0.717, 1.165) is 67.4 Å². The summed E-state index contributed by atoms with van der Waals surface area (Å²) in [6.07, 6.45) is 4.77. The van der Waals surface area contributed by atoms with Crippen molar-refractivity contribution in [2.24, 2.45) is 0 Å². The summed E-state index contributed by atoms with van der Waals surface area (Å²) in [5.74, 6) is 0.846. The molecule has 0 spiro atoms. The molecule has 1 saturated heterocycles. The topological polar surface area (TPSA) is 73.9 Å². The minimum Gasteiger partial charge on any atom is -0.341 e. The molecule has 4 heterocycles. The molecule has 6 nitrogen and oxygen atoms in total. The SMILES string of the molecule is CCc1cc(-c2ccc(CNC3CCN(c4nccc(C)n4)CC3)s2)c(C)[nH]c1=O. The number of nitrogens with zero attached hydrogens (tertiary/aromatic N) is 3. The number of rotatable bonds is 6. The molecular formula is C23H29N5OS. The number of hydrogen-bond acceptors (Lipinski definition) is 6. The molecule has 0 bridgehead atoms. The molecule has 0 radical (unpaired) electrons. The molecule has 1 aliphatic heterocycles. The molecule has 30 heavy (non-hydrogen) atoms. The first kappa shape index (κ1) is 20.8. The van der Waals surface area contributed by atoms with Crippen LogP contribution >= 0.6 is 11.3 Å². The van der Waals surface area contributed by atoms with E-state index in [-0.39, 0.29) is 5.56 Å². The Balaban J connectivity index is 1.34. The van der Waals surface area contributed by atoms with Crippen molar-refractivity contribution in [3.05, 3.63) is 62.6 Å². The quantitative estimate of drug-likeness (QED) is 0.630. The van der Waals surface area contributed by atoms with Gasteiger partial charge in [-0.3, -0.25) is 4.79 Å². The molecule has 4 rings (SSSR count). The van der Waals surface area contributed by atoms with Crippen LogP contribution in [0.2, 0.25) is 0 Å². The Morgan fingerprint density at radius 3 is 2.77 bits per heavy atom. The second-order valence-corrected chi connectivity index (χ2v) is 9.09. The predicted molar refractivity (Wildman–Crippen MR) is 123 cm³/mol. The first-order valence-corrected chi connectivity index (χ1v) is 11.4. The fourth-order valence-corrected chi connectivity index (χ4v) is 4.95. The van der Waals surface area contributed by atoms with Crippen LogP contribution in [-0.4, -0.2) is 34.1 Å². The van der Waals surface area contributed by atoms with E-state index in [1.807, 2.05) is 39.1 Å². The molecular weight excluding hydrogens is 394 g/mol. The van der Waals surface area contributed by atoms with E-state index in [1.165, 1.54) is 9.75 Å². The van der Waals surface area contributed by atoms with Crippen molar-refractivity contribution >= 4 is 17.3 Å². The zero-order chi connectivity index (χ0) is 21.1. The number of thiophene rings is 1. The molecule has 0 atom stereocenters. The van der Waals surface area contributed by atoms with E-state index in [9.17, 15) is 4.79 Å². The standard InChI is InChI=1S/C23H29N5OS/c1-4-17-13-20(16(3)27-22(17)29)21-6-5-19(30-21)14-25-18-8-11-28(12-9-18)23-24-10-7-15(2)26-23/h5-7,10,13,18,25H,4,8-9,11-12,14H2,1-3H3,(H,27,29). The zero-order valence-corrected chi connectivity index (χ0v) is 18.7. The van der Waals surface area contributed by atoms with Crippen molar-refractivity contribution in [3.8, 4) is 10.4 Å². The monoisotopic (exact) mass is 423 g/mol. The Labute approximate surface area is 181 Å². The van der Waals surface area contributed by atoms with Gasteiger partial charge in [-0.05, 0) is 57.4 Å². The Morgan fingerprint density at radius 1 is 1.23 bits per heavy atom. The average Bonchev–Trinajstić information content (AvgIpc) is 3.21. The number of aromatic amines is 1. The van der Waals surface area contributed by atoms with Gasteiger partial charge < -0.3 is 15.2 Å². The number of nitrogens with one attached hydrogen (secondary N) is 2. The highest BCUT2D eigenvalue weighted by Gasteiger charge is 2.21. The molecule has 2 N–H and O–H groups in total. The van der Waals surface area contributed by atoms with Crippen LogP contribution in [0.15, 0.2) is 35.3 Å². The van der Waals surface area contributed by atoms with Crippen molar-refractivity contribution in [1.82, 2.24) is 20.3 Å². The number of H-pyrrole nitrogens is 1. The van der Waals surface area contributed by atoms with Gasteiger partial charge in [-0.25, -0.2) is 9.97 Å². The first-order chi connectivity index (χ1) is 14.5. The third kappa shape index (κ3) is 4.63. The predicted octanol–water partition coefficient (Wildman–Crippen LogP) is 3.83. The second-order valence-electron chi connectivity index (χ2n) is 7.92. The molecule has 0 saturated carbocycles. The number of piperidine rings is 1. The second kappa shape index (κ2) is 9.10. The molecule has 3 aromatic heterocycles. The van der Waals surface area contributed by atoms with Crippen molar-refractivity contribution in [2.45, 2.75) is 52.6 Å². The minimum atomic E-state index is 0.0274. The van der Waals surface area contributed by atoms with Crippen molar-refractivity contribution in [1.29, 1.82) is 0 Å². The van der Waals surface area contributed by atoms with Crippen LogP contribution in [0.25, 0.3) is 10.4 Å². The maximum Gasteiger partial charge on any atom is 0.251 e. The lowest BCUT2D eigenvalue weighted by Gasteiger charge is -2.32. The van der Waals surface area contributed by atoms with Gasteiger partial charge in [0.2, 0.25) is 5.95 Å². The summed E-state index contributed by atoms with van der Waals surface area (Å²) in [6.45, 7) is 8.83. The van der Waals surface area contributed by atoms with Gasteiger partial charge >= 0.3 is 0 Å². The van der Waals surface area contributed by atoms with Gasteiger partial charge in [0.05, 0.1) is 0 Å². The molecule has 0 aromatic carbocycles. The summed E-state index contributed by atoms with van der Waals surface area (Å²) in [7, 11) is 0. The summed E-state index contributed by atoms with van der Waals surface area (Å²) < 4.78 is 0. The van der Waals surface area contributed by atoms with Crippen molar-refractivity contribution < 1.29 is 0 Å². The molecule has 3 aromatic rings. The normalized spacial score (nSPS) is 15.0. The van der Waals surface area contributed by atoms with Crippen molar-refractivity contribution in [3.63, 3.8) is 0 Å². The Morgan fingerprint density at radius 2 is 2.03 bits per heavy atom. The summed E-state index contributed by atoms with van der Waals surface area (Å²) in [5.41, 5.74) is 3.95. The van der Waals surface area contributed by atoms with E-state index < -0.39 is 0 Å². The fourth-order valence-electron chi connectivity index (χ4n) is 3.92. The molecule has 7 heteroatoms. The van der Waals surface area contributed by atoms with Crippen LogP contribution in [0.1, 0.15) is 41.6 Å². The van der Waals surface area contributed by atoms with Gasteiger partial charge in [0.1, 0.15) is 0 Å². The van der Waals surface area contributed by atoms with Crippen LogP contribution in [0.4, 0.5) is 5.95 Å². The largest absolute Gasteiger partial charge is 0.341 e. The average molecular weight is 424 g/mol. The number of anilines is 1. The number of aromatic nitrogens is 3. The smallest absolute Gasteiger partial charge is 0.251 e. The van der Waals surface area contributed by atoms with Gasteiger partial charge in [-0.15, -0.1) is 11.3 Å². The Kier molecular flexibility index (Phi) is 6.29. The zero-order valence-electron chi connectivity index (χ0n) is 17.9. The summed E-state index contributed by atoms with van der Waals surface area (Å²) in [6, 6.07) is 8.85. The van der Waals surface area contributed by atoms with Gasteiger partial charge in [0.25, 0.3) is 5.56 Å². The highest BCUT2D eigenvalue weighted by Crippen LogP contribution is 2.30. The third-order valence-corrected chi connectivity index (χ3v) is 6.87. The molecule has 1 aliphatic rings. The minimum absolute atomic E-state index is 0.0274. The van der Waals surface area contributed by atoms with E-state index in [1.54, 1.807) is 11.3 Å². The van der Waals surface area contributed by atoms with Crippen LogP contribution in [0.5, 0.6) is 0 Å². The van der Waals surface area contributed by atoms with Crippen molar-refractivity contribution in [2.75, 3.05) is 18.0 Å². The number of pyridine rings is 1. The molecule has 1 fully saturated rings.